The zero-order valence-electron chi connectivity index (χ0n) is 11.4. The zero-order valence-corrected chi connectivity index (χ0v) is 12.9. The van der Waals surface area contributed by atoms with Crippen LogP contribution in [-0.4, -0.2) is 6.10 Å². The highest BCUT2D eigenvalue weighted by atomic mass is 35.5. The first-order valence-electron chi connectivity index (χ1n) is 6.85. The molecule has 110 valence electrons. The molecule has 3 N–H and O–H groups in total. The van der Waals surface area contributed by atoms with Crippen LogP contribution in [0, 0.1) is 0 Å². The lowest BCUT2D eigenvalue weighted by atomic mass is 9.99. The predicted octanol–water partition coefficient (Wildman–Crippen LogP) is 4.09. The molecule has 0 spiro atoms. The number of hydrazine groups is 1. The molecule has 0 aromatic heterocycles. The molecule has 21 heavy (non-hydrogen) atoms. The molecule has 0 radical (unpaired) electrons. The van der Waals surface area contributed by atoms with Crippen LogP contribution >= 0.6 is 23.2 Å². The van der Waals surface area contributed by atoms with Crippen LogP contribution in [0.4, 0.5) is 0 Å². The Kier molecular flexibility index (Phi) is 4.36. The van der Waals surface area contributed by atoms with Crippen molar-refractivity contribution in [1.82, 2.24) is 5.43 Å². The fraction of sp³-hybridized carbons (Fsp3) is 0.250. The van der Waals surface area contributed by atoms with Crippen molar-refractivity contribution in [3.8, 4) is 5.75 Å². The van der Waals surface area contributed by atoms with E-state index in [0.717, 1.165) is 29.7 Å². The van der Waals surface area contributed by atoms with Gasteiger partial charge in [-0.1, -0.05) is 41.4 Å². The van der Waals surface area contributed by atoms with Gasteiger partial charge in [-0.05, 0) is 48.2 Å². The molecule has 1 atom stereocenters. The van der Waals surface area contributed by atoms with E-state index < -0.39 is 0 Å². The third-order valence-electron chi connectivity index (χ3n) is 3.46. The molecule has 1 aliphatic rings. The summed E-state index contributed by atoms with van der Waals surface area (Å²) in [6.45, 7) is 0. The Labute approximate surface area is 134 Å². The molecule has 2 aromatic rings. The Bertz CT molecular complexity index is 644. The lowest BCUT2D eigenvalue weighted by Gasteiger charge is -2.18. The number of halogens is 2. The van der Waals surface area contributed by atoms with E-state index in [2.05, 4.69) is 5.43 Å². The average Bonchev–Trinajstić information content (AvgIpc) is 3.28. The van der Waals surface area contributed by atoms with Gasteiger partial charge in [-0.3, -0.25) is 5.84 Å². The SMILES string of the molecule is NNC(c1cccc(OC2CC2)c1)c1ccc(Cl)c(Cl)c1. The topological polar surface area (TPSA) is 47.3 Å². The zero-order chi connectivity index (χ0) is 14.8. The van der Waals surface area contributed by atoms with Crippen LogP contribution in [0.2, 0.25) is 10.0 Å². The van der Waals surface area contributed by atoms with Crippen LogP contribution in [0.15, 0.2) is 42.5 Å². The van der Waals surface area contributed by atoms with Gasteiger partial charge >= 0.3 is 0 Å². The van der Waals surface area contributed by atoms with Crippen LogP contribution in [-0.2, 0) is 0 Å². The van der Waals surface area contributed by atoms with Gasteiger partial charge in [0, 0.05) is 0 Å². The summed E-state index contributed by atoms with van der Waals surface area (Å²) in [4.78, 5) is 0. The minimum Gasteiger partial charge on any atom is -0.490 e. The van der Waals surface area contributed by atoms with Crippen LogP contribution in [0.25, 0.3) is 0 Å². The molecule has 3 nitrogen and oxygen atoms in total. The number of nitrogens with one attached hydrogen (secondary N) is 1. The van der Waals surface area contributed by atoms with Gasteiger partial charge in [-0.15, -0.1) is 0 Å². The number of ether oxygens (including phenoxy) is 1. The van der Waals surface area contributed by atoms with Crippen molar-refractivity contribution in [2.45, 2.75) is 25.0 Å². The van der Waals surface area contributed by atoms with Crippen molar-refractivity contribution in [3.05, 3.63) is 63.6 Å². The molecular weight excluding hydrogens is 307 g/mol. The Morgan fingerprint density at radius 1 is 1.05 bits per heavy atom. The Morgan fingerprint density at radius 2 is 1.81 bits per heavy atom. The van der Waals surface area contributed by atoms with E-state index in [1.165, 1.54) is 0 Å². The summed E-state index contributed by atoms with van der Waals surface area (Å²) >= 11 is 12.0. The van der Waals surface area contributed by atoms with Crippen molar-refractivity contribution in [1.29, 1.82) is 0 Å². The molecule has 1 saturated carbocycles. The highest BCUT2D eigenvalue weighted by molar-refractivity contribution is 6.42. The molecule has 5 heteroatoms. The molecule has 2 aromatic carbocycles. The first-order valence-corrected chi connectivity index (χ1v) is 7.60. The van der Waals surface area contributed by atoms with E-state index in [9.17, 15) is 0 Å². The van der Waals surface area contributed by atoms with Crippen molar-refractivity contribution < 1.29 is 4.74 Å². The quantitative estimate of drug-likeness (QED) is 0.644. The highest BCUT2D eigenvalue weighted by Gasteiger charge is 2.24. The summed E-state index contributed by atoms with van der Waals surface area (Å²) in [6.07, 6.45) is 2.64. The first-order chi connectivity index (χ1) is 10.2. The number of hydrogen-bond donors (Lipinski definition) is 2. The molecule has 1 aliphatic carbocycles. The molecule has 1 fully saturated rings. The number of benzene rings is 2. The molecular formula is C16H16Cl2N2O. The Balaban J connectivity index is 1.89. The van der Waals surface area contributed by atoms with Crippen molar-refractivity contribution in [2.24, 2.45) is 5.84 Å². The van der Waals surface area contributed by atoms with Gasteiger partial charge < -0.3 is 4.74 Å². The second kappa shape index (κ2) is 6.24. The molecule has 1 unspecified atom stereocenters. The Hall–Kier alpha value is -1.26. The van der Waals surface area contributed by atoms with Gasteiger partial charge in [0.2, 0.25) is 0 Å². The maximum Gasteiger partial charge on any atom is 0.120 e. The number of hydrogen-bond acceptors (Lipinski definition) is 3. The lowest BCUT2D eigenvalue weighted by molar-refractivity contribution is 0.302. The standard InChI is InChI=1S/C16H16Cl2N2O/c17-14-7-4-11(9-15(14)18)16(20-19)10-2-1-3-13(8-10)21-12-5-6-12/h1-4,7-9,12,16,20H,5-6,19H2. The van der Waals surface area contributed by atoms with E-state index in [4.69, 9.17) is 33.8 Å². The maximum absolute atomic E-state index is 6.09. The van der Waals surface area contributed by atoms with E-state index >= 15 is 0 Å². The summed E-state index contributed by atoms with van der Waals surface area (Å²) in [5, 5.41) is 1.04. The van der Waals surface area contributed by atoms with Crippen LogP contribution < -0.4 is 16.0 Å². The lowest BCUT2D eigenvalue weighted by Crippen LogP contribution is -2.28. The summed E-state index contributed by atoms with van der Waals surface area (Å²) in [7, 11) is 0. The van der Waals surface area contributed by atoms with Crippen LogP contribution in [0.1, 0.15) is 30.0 Å². The predicted molar refractivity (Wildman–Crippen MR) is 85.7 cm³/mol. The molecule has 0 bridgehead atoms. The number of rotatable bonds is 5. The fourth-order valence-electron chi connectivity index (χ4n) is 2.22. The third kappa shape index (κ3) is 3.50. The summed E-state index contributed by atoms with van der Waals surface area (Å²) in [6, 6.07) is 13.3. The maximum atomic E-state index is 6.09. The summed E-state index contributed by atoms with van der Waals surface area (Å²) in [5.74, 6) is 6.59. The van der Waals surface area contributed by atoms with Crippen molar-refractivity contribution in [2.75, 3.05) is 0 Å². The first kappa shape index (κ1) is 14.7. The van der Waals surface area contributed by atoms with E-state index in [1.807, 2.05) is 36.4 Å². The second-order valence-corrected chi connectivity index (χ2v) is 5.98. The Morgan fingerprint density at radius 3 is 2.48 bits per heavy atom. The molecule has 0 heterocycles. The minimum atomic E-state index is -0.164. The van der Waals surface area contributed by atoms with Gasteiger partial charge in [-0.2, -0.15) is 0 Å². The molecule has 0 aliphatic heterocycles. The molecule has 3 rings (SSSR count). The van der Waals surface area contributed by atoms with Gasteiger partial charge in [0.1, 0.15) is 5.75 Å². The smallest absolute Gasteiger partial charge is 0.120 e. The largest absolute Gasteiger partial charge is 0.490 e. The van der Waals surface area contributed by atoms with Crippen molar-refractivity contribution >= 4 is 23.2 Å². The minimum absolute atomic E-state index is 0.164. The highest BCUT2D eigenvalue weighted by Crippen LogP contribution is 2.31. The number of nitrogens with two attached hydrogens (primary N) is 1. The van der Waals surface area contributed by atoms with Gasteiger partial charge in [0.15, 0.2) is 0 Å². The van der Waals surface area contributed by atoms with Crippen molar-refractivity contribution in [3.63, 3.8) is 0 Å². The van der Waals surface area contributed by atoms with E-state index in [0.29, 0.717) is 16.1 Å². The average molecular weight is 323 g/mol. The fourth-order valence-corrected chi connectivity index (χ4v) is 2.53. The monoisotopic (exact) mass is 322 g/mol. The molecule has 0 amide bonds. The summed E-state index contributed by atoms with van der Waals surface area (Å²) in [5.41, 5.74) is 4.80. The van der Waals surface area contributed by atoms with Gasteiger partial charge in [0.25, 0.3) is 0 Å². The van der Waals surface area contributed by atoms with Crippen LogP contribution in [0.5, 0.6) is 5.75 Å². The van der Waals surface area contributed by atoms with E-state index in [-0.39, 0.29) is 6.04 Å². The van der Waals surface area contributed by atoms with E-state index in [1.54, 1.807) is 6.07 Å². The summed E-state index contributed by atoms with van der Waals surface area (Å²) < 4.78 is 5.82. The third-order valence-corrected chi connectivity index (χ3v) is 4.20. The molecule has 0 saturated heterocycles. The second-order valence-electron chi connectivity index (χ2n) is 5.16. The van der Waals surface area contributed by atoms with Gasteiger partial charge in [0.05, 0.1) is 22.2 Å². The normalized spacial score (nSPS) is 15.8. The van der Waals surface area contributed by atoms with Crippen LogP contribution in [0.3, 0.4) is 0 Å². The van der Waals surface area contributed by atoms with Gasteiger partial charge in [-0.25, -0.2) is 5.43 Å².